The van der Waals surface area contributed by atoms with Crippen LogP contribution in [0.5, 0.6) is 0 Å². The number of nitrogens with zero attached hydrogens (tertiary/aromatic N) is 1. The SMILES string of the molecule is CCC(N)C(c1ccccc1C)N(CCOC)C(C)CC. The first-order valence-electron chi connectivity index (χ1n) is 8.12. The summed E-state index contributed by atoms with van der Waals surface area (Å²) < 4.78 is 5.31. The zero-order valence-corrected chi connectivity index (χ0v) is 14.3. The maximum absolute atomic E-state index is 6.50. The number of nitrogens with two attached hydrogens (primary N) is 1. The van der Waals surface area contributed by atoms with Gasteiger partial charge in [0.2, 0.25) is 0 Å². The second-order valence-electron chi connectivity index (χ2n) is 5.86. The average molecular weight is 292 g/mol. The summed E-state index contributed by atoms with van der Waals surface area (Å²) in [5, 5.41) is 0. The van der Waals surface area contributed by atoms with Crippen LogP contribution in [-0.4, -0.2) is 37.2 Å². The smallest absolute Gasteiger partial charge is 0.0590 e. The average Bonchev–Trinajstić information content (AvgIpc) is 2.51. The number of rotatable bonds is 9. The summed E-state index contributed by atoms with van der Waals surface area (Å²) in [4.78, 5) is 2.51. The molecule has 0 radical (unpaired) electrons. The quantitative estimate of drug-likeness (QED) is 0.757. The Labute approximate surface area is 130 Å². The molecule has 120 valence electrons. The van der Waals surface area contributed by atoms with Gasteiger partial charge in [0.1, 0.15) is 0 Å². The minimum absolute atomic E-state index is 0.136. The monoisotopic (exact) mass is 292 g/mol. The first kappa shape index (κ1) is 18.1. The Morgan fingerprint density at radius 1 is 1.19 bits per heavy atom. The van der Waals surface area contributed by atoms with Crippen molar-refractivity contribution in [2.75, 3.05) is 20.3 Å². The second-order valence-corrected chi connectivity index (χ2v) is 5.86. The Morgan fingerprint density at radius 3 is 2.38 bits per heavy atom. The summed E-state index contributed by atoms with van der Waals surface area (Å²) in [5.74, 6) is 0. The van der Waals surface area contributed by atoms with Gasteiger partial charge in [0.05, 0.1) is 12.6 Å². The Bertz CT molecular complexity index is 408. The number of methoxy groups -OCH3 is 1. The van der Waals surface area contributed by atoms with Crippen molar-refractivity contribution in [2.24, 2.45) is 5.73 Å². The molecule has 3 heteroatoms. The molecule has 1 aromatic rings. The van der Waals surface area contributed by atoms with Crippen molar-refractivity contribution in [3.63, 3.8) is 0 Å². The van der Waals surface area contributed by atoms with E-state index in [0.29, 0.717) is 6.04 Å². The van der Waals surface area contributed by atoms with E-state index in [1.54, 1.807) is 7.11 Å². The molecule has 0 aromatic heterocycles. The van der Waals surface area contributed by atoms with Crippen LogP contribution in [0.3, 0.4) is 0 Å². The topological polar surface area (TPSA) is 38.5 Å². The molecule has 2 N–H and O–H groups in total. The predicted octanol–water partition coefficient (Wildman–Crippen LogP) is 3.52. The van der Waals surface area contributed by atoms with Crippen LogP contribution >= 0.6 is 0 Å². The fourth-order valence-corrected chi connectivity index (χ4v) is 2.86. The van der Waals surface area contributed by atoms with Gasteiger partial charge in [-0.1, -0.05) is 38.1 Å². The Hall–Kier alpha value is -0.900. The Balaban J connectivity index is 3.16. The highest BCUT2D eigenvalue weighted by Gasteiger charge is 2.29. The van der Waals surface area contributed by atoms with Crippen molar-refractivity contribution >= 4 is 0 Å². The van der Waals surface area contributed by atoms with Gasteiger partial charge in [0.15, 0.2) is 0 Å². The molecule has 0 saturated carbocycles. The molecule has 3 unspecified atom stereocenters. The van der Waals surface area contributed by atoms with Gasteiger partial charge in [0.25, 0.3) is 0 Å². The van der Waals surface area contributed by atoms with Crippen LogP contribution in [0.25, 0.3) is 0 Å². The van der Waals surface area contributed by atoms with E-state index in [4.69, 9.17) is 10.5 Å². The normalized spacial score (nSPS) is 16.0. The summed E-state index contributed by atoms with van der Waals surface area (Å²) in [6.07, 6.45) is 2.08. The third-order valence-corrected chi connectivity index (χ3v) is 4.45. The van der Waals surface area contributed by atoms with Crippen molar-refractivity contribution in [1.29, 1.82) is 0 Å². The minimum atomic E-state index is 0.136. The first-order chi connectivity index (χ1) is 10.1. The van der Waals surface area contributed by atoms with Gasteiger partial charge in [0, 0.05) is 25.7 Å². The van der Waals surface area contributed by atoms with Crippen LogP contribution in [0.1, 0.15) is 50.8 Å². The second kappa shape index (κ2) is 9.19. The van der Waals surface area contributed by atoms with Crippen LogP contribution in [0.2, 0.25) is 0 Å². The third-order valence-electron chi connectivity index (χ3n) is 4.45. The van der Waals surface area contributed by atoms with Crippen LogP contribution in [-0.2, 0) is 4.74 Å². The molecular weight excluding hydrogens is 260 g/mol. The van der Waals surface area contributed by atoms with Crippen molar-refractivity contribution < 1.29 is 4.74 Å². The lowest BCUT2D eigenvalue weighted by molar-refractivity contribution is 0.0752. The van der Waals surface area contributed by atoms with E-state index >= 15 is 0 Å². The molecule has 0 spiro atoms. The van der Waals surface area contributed by atoms with E-state index in [2.05, 4.69) is 56.9 Å². The minimum Gasteiger partial charge on any atom is -0.383 e. The number of benzene rings is 1. The fourth-order valence-electron chi connectivity index (χ4n) is 2.86. The zero-order chi connectivity index (χ0) is 15.8. The molecule has 1 rings (SSSR count). The summed E-state index contributed by atoms with van der Waals surface area (Å²) in [7, 11) is 1.76. The molecule has 0 bridgehead atoms. The Kier molecular flexibility index (Phi) is 7.94. The van der Waals surface area contributed by atoms with E-state index in [9.17, 15) is 0 Å². The van der Waals surface area contributed by atoms with Gasteiger partial charge in [-0.25, -0.2) is 0 Å². The van der Waals surface area contributed by atoms with Crippen molar-refractivity contribution in [2.45, 2.75) is 58.7 Å². The van der Waals surface area contributed by atoms with Crippen LogP contribution in [0.4, 0.5) is 0 Å². The Morgan fingerprint density at radius 2 is 1.86 bits per heavy atom. The number of hydrogen-bond acceptors (Lipinski definition) is 3. The molecule has 3 atom stereocenters. The van der Waals surface area contributed by atoms with Crippen LogP contribution in [0.15, 0.2) is 24.3 Å². The van der Waals surface area contributed by atoms with Crippen LogP contribution in [0, 0.1) is 6.92 Å². The van der Waals surface area contributed by atoms with Gasteiger partial charge < -0.3 is 10.5 Å². The molecule has 0 aliphatic carbocycles. The highest BCUT2D eigenvalue weighted by atomic mass is 16.5. The van der Waals surface area contributed by atoms with Gasteiger partial charge >= 0.3 is 0 Å². The summed E-state index contributed by atoms with van der Waals surface area (Å²) in [6, 6.07) is 9.48. The molecule has 0 amide bonds. The van der Waals surface area contributed by atoms with E-state index in [1.165, 1.54) is 11.1 Å². The van der Waals surface area contributed by atoms with Crippen molar-refractivity contribution in [1.82, 2.24) is 4.90 Å². The molecule has 0 saturated heterocycles. The van der Waals surface area contributed by atoms with Gasteiger partial charge in [-0.15, -0.1) is 0 Å². The zero-order valence-electron chi connectivity index (χ0n) is 14.3. The van der Waals surface area contributed by atoms with E-state index in [1.807, 2.05) is 0 Å². The van der Waals surface area contributed by atoms with Crippen LogP contribution < -0.4 is 5.73 Å². The summed E-state index contributed by atoms with van der Waals surface area (Å²) in [6.45, 7) is 10.5. The maximum atomic E-state index is 6.50. The lowest BCUT2D eigenvalue weighted by Gasteiger charge is -2.40. The maximum Gasteiger partial charge on any atom is 0.0590 e. The number of ether oxygens (including phenoxy) is 1. The highest BCUT2D eigenvalue weighted by Crippen LogP contribution is 2.30. The van der Waals surface area contributed by atoms with E-state index in [0.717, 1.165) is 26.0 Å². The molecule has 0 aliphatic heterocycles. The molecule has 21 heavy (non-hydrogen) atoms. The predicted molar refractivity (Wildman–Crippen MR) is 90.5 cm³/mol. The summed E-state index contributed by atoms with van der Waals surface area (Å²) in [5.41, 5.74) is 9.17. The molecule has 1 aromatic carbocycles. The fraction of sp³-hybridized carbons (Fsp3) is 0.667. The lowest BCUT2D eigenvalue weighted by Crippen LogP contribution is -2.46. The number of hydrogen-bond donors (Lipinski definition) is 1. The molecule has 3 nitrogen and oxygen atoms in total. The largest absolute Gasteiger partial charge is 0.383 e. The van der Waals surface area contributed by atoms with E-state index in [-0.39, 0.29) is 12.1 Å². The molecule has 0 fully saturated rings. The van der Waals surface area contributed by atoms with Gasteiger partial charge in [-0.2, -0.15) is 0 Å². The van der Waals surface area contributed by atoms with Crippen molar-refractivity contribution in [3.05, 3.63) is 35.4 Å². The standard InChI is InChI=1S/C18H32N2O/c1-6-15(4)20(12-13-21-5)18(17(19)7-2)16-11-9-8-10-14(16)3/h8-11,15,17-18H,6-7,12-13,19H2,1-5H3. The van der Waals surface area contributed by atoms with E-state index < -0.39 is 0 Å². The highest BCUT2D eigenvalue weighted by molar-refractivity contribution is 5.30. The first-order valence-corrected chi connectivity index (χ1v) is 8.12. The van der Waals surface area contributed by atoms with Crippen molar-refractivity contribution in [3.8, 4) is 0 Å². The lowest BCUT2D eigenvalue weighted by atomic mass is 9.91. The molecule has 0 heterocycles. The molecular formula is C18H32N2O. The summed E-state index contributed by atoms with van der Waals surface area (Å²) >= 11 is 0. The molecule has 0 aliphatic rings. The third kappa shape index (κ3) is 4.80. The van der Waals surface area contributed by atoms with Gasteiger partial charge in [-0.3, -0.25) is 4.90 Å². The number of aryl methyl sites for hydroxylation is 1. The van der Waals surface area contributed by atoms with Gasteiger partial charge in [-0.05, 0) is 37.8 Å².